The highest BCUT2D eigenvalue weighted by Gasteiger charge is 2.29. The molecule has 12 nitrogen and oxygen atoms in total. The molecule has 1 saturated heterocycles. The van der Waals surface area contributed by atoms with Gasteiger partial charge in [0.25, 0.3) is 10.2 Å². The van der Waals surface area contributed by atoms with Gasteiger partial charge in [-0.1, -0.05) is 68.4 Å². The van der Waals surface area contributed by atoms with Crippen LogP contribution in [0.5, 0.6) is 11.5 Å². The molecule has 57 heavy (non-hydrogen) atoms. The summed E-state index contributed by atoms with van der Waals surface area (Å²) in [7, 11) is 1.58. The van der Waals surface area contributed by atoms with Gasteiger partial charge in [0.1, 0.15) is 23.8 Å². The van der Waals surface area contributed by atoms with Gasteiger partial charge in [-0.2, -0.15) is 22.1 Å². The van der Waals surface area contributed by atoms with E-state index in [4.69, 9.17) is 14.6 Å². The van der Waals surface area contributed by atoms with Gasteiger partial charge >= 0.3 is 5.97 Å². The van der Waals surface area contributed by atoms with Gasteiger partial charge in [-0.05, 0) is 67.0 Å². The van der Waals surface area contributed by atoms with E-state index in [0.717, 1.165) is 61.2 Å². The summed E-state index contributed by atoms with van der Waals surface area (Å²) < 4.78 is 44.4. The van der Waals surface area contributed by atoms with Crippen molar-refractivity contribution >= 4 is 43.5 Å². The van der Waals surface area contributed by atoms with Gasteiger partial charge in [0.15, 0.2) is 0 Å². The number of aromatic carboxylic acids is 1. The summed E-state index contributed by atoms with van der Waals surface area (Å²) >= 11 is 0. The van der Waals surface area contributed by atoms with E-state index >= 15 is 0 Å². The smallest absolute Gasteiger partial charge is 0.352 e. The van der Waals surface area contributed by atoms with Crippen LogP contribution in [0.25, 0.3) is 32.8 Å². The Labute approximate surface area is 335 Å². The van der Waals surface area contributed by atoms with Gasteiger partial charge in [-0.25, -0.2) is 4.79 Å². The summed E-state index contributed by atoms with van der Waals surface area (Å²) in [5, 5.41) is 18.7. The third-order valence-corrected chi connectivity index (χ3v) is 12.7. The van der Waals surface area contributed by atoms with Crippen LogP contribution in [0.15, 0.2) is 84.9 Å². The zero-order valence-electron chi connectivity index (χ0n) is 33.6. The van der Waals surface area contributed by atoms with Crippen LogP contribution >= 0.6 is 0 Å². The van der Waals surface area contributed by atoms with Crippen molar-refractivity contribution in [3.63, 3.8) is 0 Å². The molecule has 0 amide bonds. The lowest BCUT2D eigenvalue weighted by molar-refractivity contribution is 0.0683. The van der Waals surface area contributed by atoms with Gasteiger partial charge in [0.2, 0.25) is 0 Å². The Bertz CT molecular complexity index is 2490. The number of para-hydroxylation sites is 1. The second-order valence-corrected chi connectivity index (χ2v) is 17.4. The number of carbonyl (C=O) groups is 1. The van der Waals surface area contributed by atoms with Crippen molar-refractivity contribution in [1.29, 1.82) is 0 Å². The number of fused-ring (bicyclic) bond motifs is 2. The lowest BCUT2D eigenvalue weighted by Gasteiger charge is -2.36. The number of carboxylic acid groups (broad SMARTS) is 1. The van der Waals surface area contributed by atoms with Crippen LogP contribution in [0.3, 0.4) is 0 Å². The highest BCUT2D eigenvalue weighted by Crippen LogP contribution is 2.39. The molecule has 0 saturated carbocycles. The van der Waals surface area contributed by atoms with E-state index in [2.05, 4.69) is 43.0 Å². The molecule has 2 aromatic heterocycles. The Kier molecular flexibility index (Phi) is 11.6. The van der Waals surface area contributed by atoms with E-state index in [1.54, 1.807) is 14.1 Å². The lowest BCUT2D eigenvalue weighted by Crippen LogP contribution is -2.51. The van der Waals surface area contributed by atoms with E-state index in [9.17, 15) is 18.3 Å². The van der Waals surface area contributed by atoms with E-state index in [0.29, 0.717) is 63.6 Å². The summed E-state index contributed by atoms with van der Waals surface area (Å²) in [6, 6.07) is 28.2. The summed E-state index contributed by atoms with van der Waals surface area (Å²) in [5.41, 5.74) is 6.56. The van der Waals surface area contributed by atoms with Gasteiger partial charge in [-0.3, -0.25) is 4.68 Å². The zero-order chi connectivity index (χ0) is 40.4. The quantitative estimate of drug-likeness (QED) is 0.107. The number of anilines is 1. The number of nitrogens with zero attached hydrogens (tertiary/aromatic N) is 6. The normalized spacial score (nSPS) is 14.0. The minimum atomic E-state index is -3.44. The van der Waals surface area contributed by atoms with Crippen LogP contribution in [0.2, 0.25) is 0 Å². The average Bonchev–Trinajstić information content (AvgIpc) is 3.66. The van der Waals surface area contributed by atoms with Crippen LogP contribution in [-0.4, -0.2) is 89.3 Å². The second kappa shape index (κ2) is 16.6. The van der Waals surface area contributed by atoms with Crippen molar-refractivity contribution in [2.45, 2.75) is 46.8 Å². The molecule has 0 atom stereocenters. The third kappa shape index (κ3) is 8.09. The molecule has 0 spiro atoms. The fourth-order valence-electron chi connectivity index (χ4n) is 8.01. The largest absolute Gasteiger partial charge is 0.493 e. The average molecular weight is 793 g/mol. The number of aryl methyl sites for hydroxylation is 3. The van der Waals surface area contributed by atoms with Gasteiger partial charge in [0.05, 0.1) is 23.5 Å². The lowest BCUT2D eigenvalue weighted by atomic mass is 9.98. The Morgan fingerprint density at radius 2 is 1.58 bits per heavy atom. The van der Waals surface area contributed by atoms with E-state index in [1.807, 2.05) is 83.9 Å². The number of ether oxygens (including phenoxy) is 2. The molecule has 1 fully saturated rings. The number of benzene rings is 4. The first-order valence-corrected chi connectivity index (χ1v) is 20.9. The molecule has 1 N–H and O–H groups in total. The van der Waals surface area contributed by atoms with Crippen LogP contribution in [0.1, 0.15) is 47.7 Å². The molecule has 13 heteroatoms. The van der Waals surface area contributed by atoms with Crippen molar-refractivity contribution in [3.05, 3.63) is 108 Å². The van der Waals surface area contributed by atoms with Gasteiger partial charge in [-0.15, -0.1) is 0 Å². The Morgan fingerprint density at radius 3 is 2.28 bits per heavy atom. The molecule has 7 rings (SSSR count). The van der Waals surface area contributed by atoms with Crippen LogP contribution in [-0.2, 0) is 36.8 Å². The molecular formula is C44H52N6O6S. The SMILES string of the molecule is Cc1nn(C)c(COc2ccc(N3CCN(S(=O)(=O)N(C)C)CC3)cc2)c1-c1cccc2c(CCCOc3cccc4ccccc34)c(C(=O)O)n(CC(C)C)c12. The van der Waals surface area contributed by atoms with Crippen LogP contribution in [0.4, 0.5) is 5.69 Å². The van der Waals surface area contributed by atoms with E-state index in [1.165, 1.54) is 8.61 Å². The van der Waals surface area contributed by atoms with Crippen molar-refractivity contribution in [2.75, 3.05) is 51.8 Å². The number of hydrogen-bond donors (Lipinski definition) is 1. The maximum Gasteiger partial charge on any atom is 0.352 e. The molecule has 1 aliphatic heterocycles. The molecular weight excluding hydrogens is 741 g/mol. The molecule has 0 aliphatic carbocycles. The summed E-state index contributed by atoms with van der Waals surface area (Å²) in [6.07, 6.45) is 1.19. The highest BCUT2D eigenvalue weighted by atomic mass is 32.2. The zero-order valence-corrected chi connectivity index (χ0v) is 34.4. The summed E-state index contributed by atoms with van der Waals surface area (Å²) in [6.45, 7) is 9.47. The molecule has 300 valence electrons. The number of hydrogen-bond acceptors (Lipinski definition) is 7. The van der Waals surface area contributed by atoms with Crippen molar-refractivity contribution in [2.24, 2.45) is 13.0 Å². The Morgan fingerprint density at radius 1 is 0.895 bits per heavy atom. The number of piperazine rings is 1. The molecule has 0 unspecified atom stereocenters. The fourth-order valence-corrected chi connectivity index (χ4v) is 9.10. The van der Waals surface area contributed by atoms with Crippen molar-refractivity contribution < 1.29 is 27.8 Å². The molecule has 0 radical (unpaired) electrons. The number of aromatic nitrogens is 3. The molecule has 1 aliphatic rings. The maximum atomic E-state index is 13.1. The highest BCUT2D eigenvalue weighted by molar-refractivity contribution is 7.86. The minimum Gasteiger partial charge on any atom is -0.493 e. The first-order chi connectivity index (χ1) is 27.3. The fraction of sp³-hybridized carbons (Fsp3) is 0.364. The van der Waals surface area contributed by atoms with Crippen molar-refractivity contribution in [3.8, 4) is 22.6 Å². The third-order valence-electron chi connectivity index (χ3n) is 10.7. The monoisotopic (exact) mass is 792 g/mol. The minimum absolute atomic E-state index is 0.199. The predicted octanol–water partition coefficient (Wildman–Crippen LogP) is 7.38. The first kappa shape index (κ1) is 39.8. The van der Waals surface area contributed by atoms with Gasteiger partial charge < -0.3 is 24.0 Å². The van der Waals surface area contributed by atoms with Crippen molar-refractivity contribution in [1.82, 2.24) is 23.0 Å². The van der Waals surface area contributed by atoms with Gasteiger partial charge in [0, 0.05) is 81.5 Å². The molecule has 0 bridgehead atoms. The van der Waals surface area contributed by atoms with Crippen LogP contribution < -0.4 is 14.4 Å². The molecule has 3 heterocycles. The second-order valence-electron chi connectivity index (χ2n) is 15.3. The Hall–Kier alpha value is -5.37. The summed E-state index contributed by atoms with van der Waals surface area (Å²) in [4.78, 5) is 15.3. The maximum absolute atomic E-state index is 13.1. The standard InChI is InChI=1S/C44H52N6O6S/c1-30(2)28-50-42-36(37(43(50)44(51)52)17-11-27-55-40-18-9-13-32-12-7-8-14-35(32)40)15-10-16-38(42)41-31(3)45-47(6)39(41)29-56-34-21-19-33(20-22-34)48-23-25-49(26-24-48)57(53,54)46(4)5/h7-10,12-16,18-22,30H,11,17,23-29H2,1-6H3,(H,51,52). The molecule has 4 aromatic carbocycles. The van der Waals surface area contributed by atoms with E-state index < -0.39 is 16.2 Å². The first-order valence-electron chi connectivity index (χ1n) is 19.5. The number of carboxylic acids is 1. The predicted molar refractivity (Wildman–Crippen MR) is 226 cm³/mol. The number of rotatable bonds is 15. The molecule has 6 aromatic rings. The summed E-state index contributed by atoms with van der Waals surface area (Å²) in [5.74, 6) is 0.769. The van der Waals surface area contributed by atoms with Crippen LogP contribution in [0, 0.1) is 12.8 Å². The topological polar surface area (TPSA) is 122 Å². The Balaban J connectivity index is 1.14. The van der Waals surface area contributed by atoms with E-state index in [-0.39, 0.29) is 12.5 Å².